The Morgan fingerprint density at radius 3 is 2.89 bits per heavy atom. The van der Waals surface area contributed by atoms with E-state index in [-0.39, 0.29) is 28.4 Å². The van der Waals surface area contributed by atoms with Crippen LogP contribution in [0.1, 0.15) is 11.7 Å². The summed E-state index contributed by atoms with van der Waals surface area (Å²) >= 11 is 2.88. The Labute approximate surface area is 115 Å². The predicted molar refractivity (Wildman–Crippen MR) is 66.3 cm³/mol. The van der Waals surface area contributed by atoms with Gasteiger partial charge in [-0.15, -0.1) is 0 Å². The van der Waals surface area contributed by atoms with Crippen molar-refractivity contribution >= 4 is 21.6 Å². The van der Waals surface area contributed by atoms with Crippen molar-refractivity contribution in [2.45, 2.75) is 13.5 Å². The van der Waals surface area contributed by atoms with Crippen LogP contribution in [-0.4, -0.2) is 9.91 Å². The van der Waals surface area contributed by atoms with Gasteiger partial charge in [0.25, 0.3) is 0 Å². The summed E-state index contributed by atoms with van der Waals surface area (Å²) in [5, 5.41) is 10.8. The number of aromatic nitrogens is 1. The normalized spacial score (nSPS) is 10.5. The molecule has 2 aromatic rings. The van der Waals surface area contributed by atoms with Crippen LogP contribution in [0.5, 0.6) is 5.75 Å². The second-order valence-electron chi connectivity index (χ2n) is 3.64. The first kappa shape index (κ1) is 13.5. The Hall–Kier alpha value is -1.96. The van der Waals surface area contributed by atoms with Crippen molar-refractivity contribution in [3.63, 3.8) is 0 Å². The number of rotatable bonds is 4. The Morgan fingerprint density at radius 2 is 2.32 bits per heavy atom. The van der Waals surface area contributed by atoms with E-state index in [4.69, 9.17) is 9.15 Å². The molecule has 100 valence electrons. The number of nitro groups is 1. The molecule has 0 unspecified atom stereocenters. The maximum Gasteiger partial charge on any atom is 0.312 e. The lowest BCUT2D eigenvalue weighted by Gasteiger charge is -2.05. The zero-order valence-electron chi connectivity index (χ0n) is 9.72. The van der Waals surface area contributed by atoms with Gasteiger partial charge in [0.15, 0.2) is 6.61 Å². The average molecular weight is 331 g/mol. The average Bonchev–Trinajstić information content (AvgIpc) is 2.76. The molecule has 0 saturated carbocycles. The van der Waals surface area contributed by atoms with Crippen LogP contribution < -0.4 is 4.74 Å². The molecule has 1 aromatic heterocycles. The van der Waals surface area contributed by atoms with Gasteiger partial charge in [0.1, 0.15) is 11.6 Å². The molecule has 0 radical (unpaired) electrons. The third-order valence-corrected chi connectivity index (χ3v) is 2.83. The number of oxazole rings is 1. The molecule has 0 spiro atoms. The maximum atomic E-state index is 13.4. The lowest BCUT2D eigenvalue weighted by atomic mass is 10.3. The minimum atomic E-state index is -0.652. The molecular weight excluding hydrogens is 323 g/mol. The second kappa shape index (κ2) is 5.35. The van der Waals surface area contributed by atoms with Gasteiger partial charge < -0.3 is 9.15 Å². The van der Waals surface area contributed by atoms with Gasteiger partial charge in [0, 0.05) is 12.1 Å². The quantitative estimate of drug-likeness (QED) is 0.634. The highest BCUT2D eigenvalue weighted by Gasteiger charge is 2.19. The topological polar surface area (TPSA) is 78.4 Å². The lowest BCUT2D eigenvalue weighted by Crippen LogP contribution is -2.00. The fourth-order valence-corrected chi connectivity index (χ4v) is 1.72. The fraction of sp³-hybridized carbons (Fsp3) is 0.182. The van der Waals surface area contributed by atoms with Crippen molar-refractivity contribution in [3.8, 4) is 5.75 Å². The van der Waals surface area contributed by atoms with Gasteiger partial charge in [-0.05, 0) is 22.9 Å². The first-order valence-electron chi connectivity index (χ1n) is 5.15. The zero-order valence-corrected chi connectivity index (χ0v) is 11.3. The van der Waals surface area contributed by atoms with E-state index in [1.165, 1.54) is 6.20 Å². The molecule has 0 aliphatic heterocycles. The summed E-state index contributed by atoms with van der Waals surface area (Å²) in [7, 11) is 0. The van der Waals surface area contributed by atoms with Gasteiger partial charge in [0.2, 0.25) is 11.6 Å². The van der Waals surface area contributed by atoms with Gasteiger partial charge in [-0.25, -0.2) is 9.37 Å². The monoisotopic (exact) mass is 330 g/mol. The van der Waals surface area contributed by atoms with E-state index < -0.39 is 10.7 Å². The number of hydrogen-bond acceptors (Lipinski definition) is 5. The summed E-state index contributed by atoms with van der Waals surface area (Å²) in [6, 6.07) is 1.99. The number of benzene rings is 1. The van der Waals surface area contributed by atoms with Gasteiger partial charge >= 0.3 is 5.69 Å². The minimum Gasteiger partial charge on any atom is -0.477 e. The van der Waals surface area contributed by atoms with E-state index in [0.29, 0.717) is 5.76 Å². The van der Waals surface area contributed by atoms with E-state index in [0.717, 1.165) is 12.1 Å². The molecule has 19 heavy (non-hydrogen) atoms. The Kier molecular flexibility index (Phi) is 3.79. The van der Waals surface area contributed by atoms with Crippen molar-refractivity contribution in [1.82, 2.24) is 4.98 Å². The number of halogens is 2. The summed E-state index contributed by atoms with van der Waals surface area (Å²) in [6.45, 7) is 1.59. The van der Waals surface area contributed by atoms with Gasteiger partial charge in [0.05, 0.1) is 15.6 Å². The van der Waals surface area contributed by atoms with Crippen LogP contribution >= 0.6 is 15.9 Å². The molecule has 0 saturated heterocycles. The highest BCUT2D eigenvalue weighted by Crippen LogP contribution is 2.32. The molecule has 0 amide bonds. The largest absolute Gasteiger partial charge is 0.477 e. The summed E-state index contributed by atoms with van der Waals surface area (Å²) < 4.78 is 23.7. The third-order valence-electron chi connectivity index (χ3n) is 2.22. The fourth-order valence-electron chi connectivity index (χ4n) is 1.38. The van der Waals surface area contributed by atoms with Crippen LogP contribution in [0.25, 0.3) is 0 Å². The molecule has 0 aliphatic rings. The standard InChI is InChI=1S/C11H8BrFN2O4/c1-6-4-14-11(19-6)5-18-10-3-8(13)7(12)2-9(10)15(16)17/h2-4H,5H2,1H3. The Morgan fingerprint density at radius 1 is 1.58 bits per heavy atom. The van der Waals surface area contributed by atoms with E-state index in [1.807, 2.05) is 0 Å². The minimum absolute atomic E-state index is 0.00137. The summed E-state index contributed by atoms with van der Waals surface area (Å²) in [5.41, 5.74) is -0.337. The van der Waals surface area contributed by atoms with Crippen LogP contribution in [-0.2, 0) is 6.61 Å². The zero-order chi connectivity index (χ0) is 14.0. The van der Waals surface area contributed by atoms with Crippen LogP contribution in [0.4, 0.5) is 10.1 Å². The summed E-state index contributed by atoms with van der Waals surface area (Å²) in [6.07, 6.45) is 1.50. The lowest BCUT2D eigenvalue weighted by molar-refractivity contribution is -0.386. The number of nitrogens with zero attached hydrogens (tertiary/aromatic N) is 2. The van der Waals surface area contributed by atoms with E-state index >= 15 is 0 Å². The number of aryl methyl sites for hydroxylation is 1. The highest BCUT2D eigenvalue weighted by molar-refractivity contribution is 9.10. The van der Waals surface area contributed by atoms with E-state index in [9.17, 15) is 14.5 Å². The summed E-state index contributed by atoms with van der Waals surface area (Å²) in [5.74, 6) is 0.0240. The molecule has 1 heterocycles. The summed E-state index contributed by atoms with van der Waals surface area (Å²) in [4.78, 5) is 14.1. The molecule has 2 rings (SSSR count). The smallest absolute Gasteiger partial charge is 0.312 e. The van der Waals surface area contributed by atoms with Crippen molar-refractivity contribution in [2.75, 3.05) is 0 Å². The highest BCUT2D eigenvalue weighted by atomic mass is 79.9. The Bertz CT molecular complexity index is 629. The van der Waals surface area contributed by atoms with E-state index in [1.54, 1.807) is 6.92 Å². The van der Waals surface area contributed by atoms with E-state index in [2.05, 4.69) is 20.9 Å². The number of ether oxygens (including phenoxy) is 1. The third kappa shape index (κ3) is 3.08. The number of nitro benzene ring substituents is 1. The molecule has 8 heteroatoms. The van der Waals surface area contributed by atoms with Gasteiger partial charge in [-0.3, -0.25) is 10.1 Å². The number of hydrogen-bond donors (Lipinski definition) is 0. The predicted octanol–water partition coefficient (Wildman–Crippen LogP) is 3.37. The van der Waals surface area contributed by atoms with Crippen LogP contribution in [0.15, 0.2) is 27.2 Å². The first-order chi connectivity index (χ1) is 8.97. The first-order valence-corrected chi connectivity index (χ1v) is 5.94. The van der Waals surface area contributed by atoms with Crippen molar-refractivity contribution in [3.05, 3.63) is 50.4 Å². The molecule has 0 aliphatic carbocycles. The molecular formula is C11H8BrFN2O4. The van der Waals surface area contributed by atoms with Crippen LogP contribution in [0.3, 0.4) is 0 Å². The molecule has 0 N–H and O–H groups in total. The molecule has 1 aromatic carbocycles. The molecule has 0 atom stereocenters. The molecule has 0 bridgehead atoms. The van der Waals surface area contributed by atoms with Crippen LogP contribution in [0.2, 0.25) is 0 Å². The van der Waals surface area contributed by atoms with Crippen molar-refractivity contribution < 1.29 is 18.5 Å². The maximum absolute atomic E-state index is 13.4. The van der Waals surface area contributed by atoms with Crippen molar-refractivity contribution in [2.24, 2.45) is 0 Å². The van der Waals surface area contributed by atoms with Gasteiger partial charge in [-0.1, -0.05) is 0 Å². The second-order valence-corrected chi connectivity index (χ2v) is 4.50. The molecule has 0 fully saturated rings. The van der Waals surface area contributed by atoms with Gasteiger partial charge in [-0.2, -0.15) is 0 Å². The molecule has 6 nitrogen and oxygen atoms in total. The van der Waals surface area contributed by atoms with Crippen molar-refractivity contribution in [1.29, 1.82) is 0 Å². The Balaban J connectivity index is 2.23. The SMILES string of the molecule is Cc1cnc(COc2cc(F)c(Br)cc2[N+](=O)[O-])o1. The van der Waals surface area contributed by atoms with Crippen LogP contribution in [0, 0.1) is 22.9 Å².